The highest BCUT2D eigenvalue weighted by molar-refractivity contribution is 5.97. The predicted molar refractivity (Wildman–Crippen MR) is 118 cm³/mol. The van der Waals surface area contributed by atoms with Gasteiger partial charge in [-0.15, -0.1) is 0 Å². The summed E-state index contributed by atoms with van der Waals surface area (Å²) in [5, 5.41) is 0. The van der Waals surface area contributed by atoms with Gasteiger partial charge in [0.2, 0.25) is 0 Å². The van der Waals surface area contributed by atoms with Gasteiger partial charge in [-0.05, 0) is 60.0 Å². The zero-order valence-electron chi connectivity index (χ0n) is 17.8. The predicted octanol–water partition coefficient (Wildman–Crippen LogP) is 4.82. The van der Waals surface area contributed by atoms with E-state index in [0.717, 1.165) is 11.1 Å². The zero-order valence-corrected chi connectivity index (χ0v) is 17.8. The van der Waals surface area contributed by atoms with Crippen LogP contribution in [0.15, 0.2) is 72.8 Å². The van der Waals surface area contributed by atoms with Crippen molar-refractivity contribution in [3.8, 4) is 5.75 Å². The second kappa shape index (κ2) is 9.64. The van der Waals surface area contributed by atoms with Crippen molar-refractivity contribution in [1.29, 1.82) is 0 Å². The molecule has 0 fully saturated rings. The summed E-state index contributed by atoms with van der Waals surface area (Å²) < 4.78 is 24.1. The van der Waals surface area contributed by atoms with Gasteiger partial charge in [0.05, 0.1) is 12.2 Å². The van der Waals surface area contributed by atoms with Crippen molar-refractivity contribution in [2.24, 2.45) is 0 Å². The largest absolute Gasteiger partial charge is 0.494 e. The molecule has 0 bridgehead atoms. The Morgan fingerprint density at radius 2 is 1.84 bits per heavy atom. The molecule has 1 heterocycles. The van der Waals surface area contributed by atoms with E-state index in [1.165, 1.54) is 12.1 Å². The second-order valence-electron chi connectivity index (χ2n) is 7.76. The first-order chi connectivity index (χ1) is 15.5. The molecule has 5 nitrogen and oxygen atoms in total. The number of esters is 1. The van der Waals surface area contributed by atoms with Gasteiger partial charge in [0.15, 0.2) is 0 Å². The number of halogens is 1. The molecular formula is C26H24FNO4. The molecule has 0 radical (unpaired) electrons. The maximum atomic E-state index is 12.9. The normalized spacial score (nSPS) is 14.9. The lowest BCUT2D eigenvalue weighted by Gasteiger charge is -2.26. The van der Waals surface area contributed by atoms with E-state index < -0.39 is 0 Å². The van der Waals surface area contributed by atoms with Crippen molar-refractivity contribution in [3.05, 3.63) is 101 Å². The van der Waals surface area contributed by atoms with Gasteiger partial charge in [-0.1, -0.05) is 30.3 Å². The lowest BCUT2D eigenvalue weighted by molar-refractivity contribution is 0.0252. The maximum Gasteiger partial charge on any atom is 0.339 e. The Morgan fingerprint density at radius 1 is 1.09 bits per heavy atom. The van der Waals surface area contributed by atoms with E-state index in [0.29, 0.717) is 42.9 Å². The minimum atomic E-state index is -0.370. The van der Waals surface area contributed by atoms with Gasteiger partial charge in [0, 0.05) is 25.6 Å². The van der Waals surface area contributed by atoms with Gasteiger partial charge in [0.25, 0.3) is 5.91 Å². The average molecular weight is 433 g/mol. The van der Waals surface area contributed by atoms with Crippen LogP contribution in [0.3, 0.4) is 0 Å². The molecule has 0 aliphatic carbocycles. The quantitative estimate of drug-likeness (QED) is 0.396. The van der Waals surface area contributed by atoms with Crippen LogP contribution in [0.1, 0.15) is 44.4 Å². The molecular weight excluding hydrogens is 409 g/mol. The molecule has 3 aromatic carbocycles. The standard InChI is InChI=1S/C26H24FNO4/c1-28(14-5-15-31-22-11-9-21(27)10-12-22)25(29)19-8-13-23-20(16-19)17-24(32-26(23)30)18-6-3-2-4-7-18/h2-4,6-13,16,24H,5,14-15,17H2,1H3. The van der Waals surface area contributed by atoms with Crippen LogP contribution in [0.5, 0.6) is 5.75 Å². The van der Waals surface area contributed by atoms with Crippen LogP contribution in [0.4, 0.5) is 4.39 Å². The number of ether oxygens (including phenoxy) is 2. The van der Waals surface area contributed by atoms with Gasteiger partial charge >= 0.3 is 5.97 Å². The summed E-state index contributed by atoms with van der Waals surface area (Å²) in [5.41, 5.74) is 2.78. The summed E-state index contributed by atoms with van der Waals surface area (Å²) in [6.45, 7) is 0.920. The smallest absolute Gasteiger partial charge is 0.339 e. The molecule has 0 saturated heterocycles. The number of carbonyl (C=O) groups is 2. The molecule has 1 aliphatic rings. The molecule has 0 saturated carbocycles. The molecule has 1 aliphatic heterocycles. The van der Waals surface area contributed by atoms with Crippen molar-refractivity contribution in [1.82, 2.24) is 4.90 Å². The molecule has 0 N–H and O–H groups in total. The van der Waals surface area contributed by atoms with Gasteiger partial charge in [0.1, 0.15) is 17.7 Å². The van der Waals surface area contributed by atoms with E-state index in [4.69, 9.17) is 9.47 Å². The molecule has 0 spiro atoms. The van der Waals surface area contributed by atoms with E-state index in [-0.39, 0.29) is 23.8 Å². The molecule has 164 valence electrons. The van der Waals surface area contributed by atoms with E-state index in [2.05, 4.69) is 0 Å². The fraction of sp³-hybridized carbons (Fsp3) is 0.231. The Morgan fingerprint density at radius 3 is 2.59 bits per heavy atom. The van der Waals surface area contributed by atoms with Crippen molar-refractivity contribution in [2.45, 2.75) is 18.9 Å². The molecule has 1 atom stereocenters. The Balaban J connectivity index is 1.36. The number of benzene rings is 3. The number of rotatable bonds is 7. The summed E-state index contributed by atoms with van der Waals surface area (Å²) in [7, 11) is 1.74. The number of amides is 1. The van der Waals surface area contributed by atoms with Crippen molar-refractivity contribution in [2.75, 3.05) is 20.2 Å². The Hall–Kier alpha value is -3.67. The fourth-order valence-electron chi connectivity index (χ4n) is 3.73. The number of carbonyl (C=O) groups excluding carboxylic acids is 2. The van der Waals surface area contributed by atoms with E-state index in [9.17, 15) is 14.0 Å². The van der Waals surface area contributed by atoms with Crippen molar-refractivity contribution < 1.29 is 23.5 Å². The topological polar surface area (TPSA) is 55.8 Å². The lowest BCUT2D eigenvalue weighted by atomic mass is 9.93. The maximum absolute atomic E-state index is 12.9. The summed E-state index contributed by atoms with van der Waals surface area (Å²) in [6.07, 6.45) is 0.803. The Bertz CT molecular complexity index is 1100. The minimum Gasteiger partial charge on any atom is -0.494 e. The zero-order chi connectivity index (χ0) is 22.5. The summed E-state index contributed by atoms with van der Waals surface area (Å²) in [4.78, 5) is 27.0. The van der Waals surface area contributed by atoms with E-state index in [1.807, 2.05) is 30.3 Å². The highest BCUT2D eigenvalue weighted by atomic mass is 19.1. The Labute approximate surface area is 186 Å². The molecule has 1 unspecified atom stereocenters. The number of hydrogen-bond donors (Lipinski definition) is 0. The first-order valence-corrected chi connectivity index (χ1v) is 10.5. The SMILES string of the molecule is CN(CCCOc1ccc(F)cc1)C(=O)c1ccc2c(c1)CC(c1ccccc1)OC2=O. The molecule has 3 aromatic rings. The van der Waals surface area contributed by atoms with Crippen LogP contribution < -0.4 is 4.74 Å². The molecule has 1 amide bonds. The third-order valence-corrected chi connectivity index (χ3v) is 5.46. The number of cyclic esters (lactones) is 1. The molecule has 4 rings (SSSR count). The number of nitrogens with zero attached hydrogens (tertiary/aromatic N) is 1. The van der Waals surface area contributed by atoms with E-state index in [1.54, 1.807) is 42.3 Å². The van der Waals surface area contributed by atoms with Crippen LogP contribution in [-0.4, -0.2) is 37.0 Å². The van der Waals surface area contributed by atoms with Crippen LogP contribution in [0.2, 0.25) is 0 Å². The summed E-state index contributed by atoms with van der Waals surface area (Å²) >= 11 is 0. The summed E-state index contributed by atoms with van der Waals surface area (Å²) in [6, 6.07) is 20.6. The highest BCUT2D eigenvalue weighted by Gasteiger charge is 2.28. The molecule has 6 heteroatoms. The van der Waals surface area contributed by atoms with E-state index >= 15 is 0 Å². The van der Waals surface area contributed by atoms with Gasteiger partial charge in [-0.2, -0.15) is 0 Å². The number of fused-ring (bicyclic) bond motifs is 1. The highest BCUT2D eigenvalue weighted by Crippen LogP contribution is 2.31. The van der Waals surface area contributed by atoms with Gasteiger partial charge < -0.3 is 14.4 Å². The first-order valence-electron chi connectivity index (χ1n) is 10.5. The second-order valence-corrected chi connectivity index (χ2v) is 7.76. The fourth-order valence-corrected chi connectivity index (χ4v) is 3.73. The molecule has 0 aromatic heterocycles. The minimum absolute atomic E-state index is 0.121. The van der Waals surface area contributed by atoms with Crippen LogP contribution in [0, 0.1) is 5.82 Å². The number of hydrogen-bond acceptors (Lipinski definition) is 4. The lowest BCUT2D eigenvalue weighted by Crippen LogP contribution is -2.29. The van der Waals surface area contributed by atoms with Crippen LogP contribution in [-0.2, 0) is 11.2 Å². The average Bonchev–Trinajstić information content (AvgIpc) is 2.82. The van der Waals surface area contributed by atoms with Crippen LogP contribution >= 0.6 is 0 Å². The first kappa shape index (κ1) is 21.6. The van der Waals surface area contributed by atoms with Gasteiger partial charge in [-0.25, -0.2) is 9.18 Å². The molecule has 32 heavy (non-hydrogen) atoms. The Kier molecular flexibility index (Phi) is 6.50. The van der Waals surface area contributed by atoms with Crippen LogP contribution in [0.25, 0.3) is 0 Å². The monoisotopic (exact) mass is 433 g/mol. The summed E-state index contributed by atoms with van der Waals surface area (Å²) in [5.74, 6) is -0.207. The van der Waals surface area contributed by atoms with Gasteiger partial charge in [-0.3, -0.25) is 4.79 Å². The van der Waals surface area contributed by atoms with Crippen molar-refractivity contribution >= 4 is 11.9 Å². The third-order valence-electron chi connectivity index (χ3n) is 5.46. The third kappa shape index (κ3) is 4.97. The van der Waals surface area contributed by atoms with Crippen molar-refractivity contribution in [3.63, 3.8) is 0 Å².